The Morgan fingerprint density at radius 3 is 2.76 bits per heavy atom. The van der Waals surface area contributed by atoms with Crippen molar-refractivity contribution in [2.75, 3.05) is 13.1 Å². The van der Waals surface area contributed by atoms with E-state index in [1.165, 1.54) is 12.4 Å². The highest BCUT2D eigenvalue weighted by atomic mass is 19.4. The second kappa shape index (κ2) is 7.25. The largest absolute Gasteiger partial charge is 0.416 e. The third-order valence-corrected chi connectivity index (χ3v) is 4.30. The lowest BCUT2D eigenvalue weighted by Crippen LogP contribution is -2.31. The van der Waals surface area contributed by atoms with Crippen molar-refractivity contribution in [2.24, 2.45) is 5.92 Å². The van der Waals surface area contributed by atoms with Crippen LogP contribution in [-0.4, -0.2) is 18.1 Å². The Labute approximate surface area is 124 Å². The summed E-state index contributed by atoms with van der Waals surface area (Å²) in [6, 6.07) is 1.11. The van der Waals surface area contributed by atoms with Gasteiger partial charge in [0.2, 0.25) is 0 Å². The summed E-state index contributed by atoms with van der Waals surface area (Å²) < 4.78 is 39.6. The van der Waals surface area contributed by atoms with Gasteiger partial charge < -0.3 is 5.32 Å². The fraction of sp³-hybridized carbons (Fsp3) is 0.688. The molecule has 1 aromatic rings. The number of nitrogens with zero attached hydrogens (tertiary/aromatic N) is 1. The highest BCUT2D eigenvalue weighted by molar-refractivity contribution is 5.30. The first-order chi connectivity index (χ1) is 10.0. The van der Waals surface area contributed by atoms with E-state index in [2.05, 4.69) is 17.2 Å². The zero-order valence-electron chi connectivity index (χ0n) is 12.4. The summed E-state index contributed by atoms with van der Waals surface area (Å²) in [5, 5.41) is 3.36. The smallest absolute Gasteiger partial charge is 0.316 e. The van der Waals surface area contributed by atoms with Crippen molar-refractivity contribution >= 4 is 0 Å². The molecule has 2 atom stereocenters. The summed E-state index contributed by atoms with van der Waals surface area (Å²) in [6.07, 6.45) is 3.33. The van der Waals surface area contributed by atoms with Crippen molar-refractivity contribution in [1.29, 1.82) is 0 Å². The van der Waals surface area contributed by atoms with Crippen LogP contribution in [0.15, 0.2) is 18.5 Å². The second-order valence-corrected chi connectivity index (χ2v) is 5.82. The first-order valence-corrected chi connectivity index (χ1v) is 7.75. The number of rotatable bonds is 5. The molecule has 0 aromatic carbocycles. The Morgan fingerprint density at radius 2 is 2.05 bits per heavy atom. The van der Waals surface area contributed by atoms with E-state index in [0.29, 0.717) is 5.56 Å². The average Bonchev–Trinajstić information content (AvgIpc) is 2.47. The van der Waals surface area contributed by atoms with E-state index in [4.69, 9.17) is 0 Å². The van der Waals surface area contributed by atoms with E-state index < -0.39 is 11.7 Å². The Kier molecular flexibility index (Phi) is 5.62. The number of alkyl halides is 3. The van der Waals surface area contributed by atoms with Crippen molar-refractivity contribution in [2.45, 2.75) is 51.1 Å². The van der Waals surface area contributed by atoms with Crippen LogP contribution in [0.25, 0.3) is 0 Å². The normalized spacial score (nSPS) is 23.2. The molecule has 1 aliphatic rings. The summed E-state index contributed by atoms with van der Waals surface area (Å²) in [5.41, 5.74) is -0.127. The van der Waals surface area contributed by atoms with Crippen LogP contribution in [0.3, 0.4) is 0 Å². The number of aromatic nitrogens is 1. The van der Waals surface area contributed by atoms with E-state index in [1.54, 1.807) is 0 Å². The van der Waals surface area contributed by atoms with E-state index in [1.807, 2.05) is 0 Å². The molecule has 2 rings (SSSR count). The Balaban J connectivity index is 2.21. The molecule has 1 saturated carbocycles. The Hall–Kier alpha value is -1.10. The lowest BCUT2D eigenvalue weighted by molar-refractivity contribution is -0.138. The van der Waals surface area contributed by atoms with Gasteiger partial charge >= 0.3 is 6.18 Å². The number of nitrogens with one attached hydrogen (secondary N) is 1. The molecule has 0 saturated heterocycles. The third-order valence-electron chi connectivity index (χ3n) is 4.30. The summed E-state index contributed by atoms with van der Waals surface area (Å²) >= 11 is 0. The van der Waals surface area contributed by atoms with Crippen LogP contribution in [0.5, 0.6) is 0 Å². The molecule has 0 amide bonds. The molecule has 118 valence electrons. The van der Waals surface area contributed by atoms with E-state index >= 15 is 0 Å². The maximum Gasteiger partial charge on any atom is 0.416 e. The van der Waals surface area contributed by atoms with E-state index in [-0.39, 0.29) is 11.8 Å². The van der Waals surface area contributed by atoms with Gasteiger partial charge in [0.15, 0.2) is 0 Å². The van der Waals surface area contributed by atoms with Crippen LogP contribution >= 0.6 is 0 Å². The van der Waals surface area contributed by atoms with Crippen molar-refractivity contribution < 1.29 is 13.2 Å². The molecule has 5 heteroatoms. The monoisotopic (exact) mass is 300 g/mol. The molecular formula is C16H23F3N2. The standard InChI is InChI=1S/C16H23F3N2/c1-2-8-20-10-12-5-3-4-6-13(12)14-11-21-9-7-15(14)16(17,18)19/h7,9,11-13,20H,2-6,8,10H2,1H3. The van der Waals surface area contributed by atoms with Crippen LogP contribution in [0.2, 0.25) is 0 Å². The van der Waals surface area contributed by atoms with Gasteiger partial charge in [-0.1, -0.05) is 19.8 Å². The number of hydrogen-bond donors (Lipinski definition) is 1. The van der Waals surface area contributed by atoms with Crippen molar-refractivity contribution in [1.82, 2.24) is 10.3 Å². The molecule has 1 heterocycles. The molecule has 21 heavy (non-hydrogen) atoms. The van der Waals surface area contributed by atoms with Gasteiger partial charge in [0.05, 0.1) is 5.56 Å². The Bertz CT molecular complexity index is 445. The van der Waals surface area contributed by atoms with Gasteiger partial charge in [0.25, 0.3) is 0 Å². The summed E-state index contributed by atoms with van der Waals surface area (Å²) in [4.78, 5) is 3.94. The molecule has 0 aliphatic heterocycles. The molecule has 1 fully saturated rings. The molecule has 0 spiro atoms. The van der Waals surface area contributed by atoms with Crippen molar-refractivity contribution in [3.05, 3.63) is 29.6 Å². The number of halogens is 3. The van der Waals surface area contributed by atoms with Gasteiger partial charge in [0.1, 0.15) is 0 Å². The fourth-order valence-corrected chi connectivity index (χ4v) is 3.29. The SMILES string of the molecule is CCCNCC1CCCCC1c1cnccc1C(F)(F)F. The lowest BCUT2D eigenvalue weighted by atomic mass is 9.74. The summed E-state index contributed by atoms with van der Waals surface area (Å²) in [5.74, 6) is 0.240. The van der Waals surface area contributed by atoms with Crippen LogP contribution in [0.1, 0.15) is 56.1 Å². The number of hydrogen-bond acceptors (Lipinski definition) is 2. The minimum Gasteiger partial charge on any atom is -0.316 e. The van der Waals surface area contributed by atoms with Crippen LogP contribution < -0.4 is 5.32 Å². The van der Waals surface area contributed by atoms with Crippen LogP contribution in [0, 0.1) is 5.92 Å². The molecule has 1 N–H and O–H groups in total. The average molecular weight is 300 g/mol. The number of pyridine rings is 1. The molecular weight excluding hydrogens is 277 g/mol. The maximum absolute atomic E-state index is 13.2. The lowest BCUT2D eigenvalue weighted by Gasteiger charge is -2.33. The molecule has 1 aliphatic carbocycles. The second-order valence-electron chi connectivity index (χ2n) is 5.82. The Morgan fingerprint density at radius 1 is 1.29 bits per heavy atom. The summed E-state index contributed by atoms with van der Waals surface area (Å²) in [7, 11) is 0. The van der Waals surface area contributed by atoms with Gasteiger partial charge in [-0.3, -0.25) is 4.98 Å². The minimum absolute atomic E-state index is 0.0339. The van der Waals surface area contributed by atoms with Gasteiger partial charge in [0, 0.05) is 12.4 Å². The van der Waals surface area contributed by atoms with Crippen LogP contribution in [-0.2, 0) is 6.18 Å². The molecule has 0 radical (unpaired) electrons. The topological polar surface area (TPSA) is 24.9 Å². The molecule has 1 aromatic heterocycles. The van der Waals surface area contributed by atoms with Gasteiger partial charge in [-0.25, -0.2) is 0 Å². The molecule has 2 nitrogen and oxygen atoms in total. The predicted molar refractivity (Wildman–Crippen MR) is 77.1 cm³/mol. The minimum atomic E-state index is -4.29. The predicted octanol–water partition coefficient (Wildman–Crippen LogP) is 4.37. The van der Waals surface area contributed by atoms with Crippen molar-refractivity contribution in [3.63, 3.8) is 0 Å². The van der Waals surface area contributed by atoms with Gasteiger partial charge in [-0.05, 0) is 55.8 Å². The van der Waals surface area contributed by atoms with Crippen molar-refractivity contribution in [3.8, 4) is 0 Å². The quantitative estimate of drug-likeness (QED) is 0.817. The van der Waals surface area contributed by atoms with Gasteiger partial charge in [-0.2, -0.15) is 13.2 Å². The molecule has 2 unspecified atom stereocenters. The first-order valence-electron chi connectivity index (χ1n) is 7.75. The van der Waals surface area contributed by atoms with Gasteiger partial charge in [-0.15, -0.1) is 0 Å². The van der Waals surface area contributed by atoms with E-state index in [9.17, 15) is 13.2 Å². The van der Waals surface area contributed by atoms with E-state index in [0.717, 1.165) is 51.3 Å². The maximum atomic E-state index is 13.2. The highest BCUT2D eigenvalue weighted by Crippen LogP contribution is 2.42. The fourth-order valence-electron chi connectivity index (χ4n) is 3.29. The first kappa shape index (κ1) is 16.3. The summed E-state index contributed by atoms with van der Waals surface area (Å²) in [6.45, 7) is 3.81. The third kappa shape index (κ3) is 4.19. The molecule has 0 bridgehead atoms. The van der Waals surface area contributed by atoms with Crippen LogP contribution in [0.4, 0.5) is 13.2 Å². The zero-order valence-corrected chi connectivity index (χ0v) is 12.4. The highest BCUT2D eigenvalue weighted by Gasteiger charge is 2.37. The zero-order chi connectivity index (χ0) is 15.3.